The maximum atomic E-state index is 14.1. The second kappa shape index (κ2) is 10.9. The Morgan fingerprint density at radius 2 is 2.11 bits per heavy atom. The molecule has 1 aliphatic heterocycles. The van der Waals surface area contributed by atoms with E-state index in [1.165, 1.54) is 28.9 Å². The molecule has 3 heterocycles. The topological polar surface area (TPSA) is 140 Å². The zero-order valence-electron chi connectivity index (χ0n) is 21.5. The number of amides is 1. The lowest BCUT2D eigenvalue weighted by Crippen LogP contribution is -2.34. The molecule has 1 atom stereocenters. The molecular weight excluding hydrogens is 499 g/mol. The van der Waals surface area contributed by atoms with E-state index in [0.29, 0.717) is 28.3 Å². The van der Waals surface area contributed by atoms with E-state index in [9.17, 15) is 19.1 Å². The Kier molecular flexibility index (Phi) is 7.65. The number of carboxylic acid groups (broad SMARTS) is 1. The van der Waals surface area contributed by atoms with Gasteiger partial charge in [-0.15, -0.1) is 0 Å². The van der Waals surface area contributed by atoms with Gasteiger partial charge in [-0.3, -0.25) is 0 Å². The van der Waals surface area contributed by atoms with Crippen LogP contribution in [0.2, 0.25) is 0 Å². The van der Waals surface area contributed by atoms with Gasteiger partial charge in [0.25, 0.3) is 0 Å². The SMILES string of the molecule is CN(Cc1cc(F)ccc1OCCNC(=O)OC(C)(C)C)c1ccn2ncc(C3=NC(C(=O)O)CO3)c2n1. The van der Waals surface area contributed by atoms with Crippen LogP contribution in [-0.4, -0.2) is 76.1 Å². The normalized spacial score (nSPS) is 15.1. The fraction of sp³-hybridized carbons (Fsp3) is 0.400. The van der Waals surface area contributed by atoms with Crippen molar-refractivity contribution in [2.75, 3.05) is 31.7 Å². The Bertz CT molecular complexity index is 1370. The van der Waals surface area contributed by atoms with Crippen LogP contribution in [0.4, 0.5) is 15.0 Å². The highest BCUT2D eigenvalue weighted by molar-refractivity contribution is 6.02. The number of anilines is 1. The van der Waals surface area contributed by atoms with E-state index >= 15 is 0 Å². The van der Waals surface area contributed by atoms with Crippen molar-refractivity contribution < 1.29 is 33.3 Å². The van der Waals surface area contributed by atoms with Crippen molar-refractivity contribution >= 4 is 29.4 Å². The standard InChI is InChI=1S/C25H29FN6O6/c1-25(2,3)38-24(35)27-8-10-36-19-6-5-16(26)11-15(19)13-31(4)20-7-9-32-21(30-20)17(12-28-32)22-29-18(14-37-22)23(33)34/h5-7,9,11-12,18H,8,10,13-14H2,1-4H3,(H,27,35)(H,33,34). The van der Waals surface area contributed by atoms with E-state index < -0.39 is 29.5 Å². The number of hydrogen-bond donors (Lipinski definition) is 2. The average molecular weight is 529 g/mol. The Morgan fingerprint density at radius 3 is 2.82 bits per heavy atom. The van der Waals surface area contributed by atoms with Gasteiger partial charge in [0.05, 0.1) is 12.7 Å². The van der Waals surface area contributed by atoms with E-state index in [-0.39, 0.29) is 32.2 Å². The van der Waals surface area contributed by atoms with Crippen LogP contribution in [0.15, 0.2) is 41.7 Å². The van der Waals surface area contributed by atoms with Crippen LogP contribution in [0.5, 0.6) is 5.75 Å². The number of aliphatic imine (C=N–C) groups is 1. The molecule has 4 rings (SSSR count). The van der Waals surface area contributed by atoms with Gasteiger partial charge in [0, 0.05) is 25.4 Å². The number of nitrogens with one attached hydrogen (secondary N) is 1. The second-order valence-corrected chi connectivity index (χ2v) is 9.60. The summed E-state index contributed by atoms with van der Waals surface area (Å²) in [4.78, 5) is 33.6. The smallest absolute Gasteiger partial charge is 0.407 e. The first-order valence-corrected chi connectivity index (χ1v) is 11.9. The third-order valence-corrected chi connectivity index (χ3v) is 5.37. The van der Waals surface area contributed by atoms with Gasteiger partial charge in [0.1, 0.15) is 41.8 Å². The summed E-state index contributed by atoms with van der Waals surface area (Å²) in [5, 5.41) is 16.0. The highest BCUT2D eigenvalue weighted by atomic mass is 19.1. The number of alkyl carbamates (subject to hydrolysis) is 1. The minimum atomic E-state index is -1.07. The van der Waals surface area contributed by atoms with Crippen LogP contribution in [0.1, 0.15) is 31.9 Å². The van der Waals surface area contributed by atoms with Gasteiger partial charge in [-0.1, -0.05) is 0 Å². The molecule has 38 heavy (non-hydrogen) atoms. The molecule has 0 aliphatic carbocycles. The van der Waals surface area contributed by atoms with Gasteiger partial charge in [-0.05, 0) is 45.0 Å². The van der Waals surface area contributed by atoms with Crippen molar-refractivity contribution in [1.82, 2.24) is 19.9 Å². The van der Waals surface area contributed by atoms with Gasteiger partial charge in [-0.2, -0.15) is 5.10 Å². The molecule has 3 aromatic rings. The first-order chi connectivity index (χ1) is 18.0. The van der Waals surface area contributed by atoms with Crippen molar-refractivity contribution in [3.8, 4) is 5.75 Å². The molecule has 0 saturated carbocycles. The highest BCUT2D eigenvalue weighted by Crippen LogP contribution is 2.24. The molecule has 0 fully saturated rings. The molecule has 202 valence electrons. The van der Waals surface area contributed by atoms with Crippen LogP contribution < -0.4 is 15.0 Å². The predicted octanol–water partition coefficient (Wildman–Crippen LogP) is 2.64. The molecule has 1 unspecified atom stereocenters. The summed E-state index contributed by atoms with van der Waals surface area (Å²) in [6.45, 7) is 5.89. The quantitative estimate of drug-likeness (QED) is 0.401. The van der Waals surface area contributed by atoms with Crippen molar-refractivity contribution in [2.24, 2.45) is 4.99 Å². The maximum absolute atomic E-state index is 14.1. The third kappa shape index (κ3) is 6.47. The number of carboxylic acids is 1. The molecule has 12 nitrogen and oxygen atoms in total. The molecule has 0 saturated heterocycles. The van der Waals surface area contributed by atoms with Crippen LogP contribution in [0.25, 0.3) is 5.65 Å². The number of rotatable bonds is 9. The largest absolute Gasteiger partial charge is 0.491 e. The van der Waals surface area contributed by atoms with Gasteiger partial charge in [0.15, 0.2) is 11.7 Å². The number of nitrogens with zero attached hydrogens (tertiary/aromatic N) is 5. The van der Waals surface area contributed by atoms with E-state index in [0.717, 1.165) is 0 Å². The summed E-state index contributed by atoms with van der Waals surface area (Å²) < 4.78 is 32.1. The minimum Gasteiger partial charge on any atom is -0.491 e. The summed E-state index contributed by atoms with van der Waals surface area (Å²) >= 11 is 0. The zero-order valence-corrected chi connectivity index (χ0v) is 21.5. The molecule has 1 aliphatic rings. The fourth-order valence-electron chi connectivity index (χ4n) is 3.65. The second-order valence-electron chi connectivity index (χ2n) is 9.60. The number of fused-ring (bicyclic) bond motifs is 1. The Labute approximate surface area is 218 Å². The number of aromatic nitrogens is 3. The van der Waals surface area contributed by atoms with Gasteiger partial charge >= 0.3 is 12.1 Å². The fourth-order valence-corrected chi connectivity index (χ4v) is 3.65. The number of aliphatic carboxylic acids is 1. The monoisotopic (exact) mass is 528 g/mol. The summed E-state index contributed by atoms with van der Waals surface area (Å²) in [5.74, 6) is -0.309. The van der Waals surface area contributed by atoms with E-state index in [1.807, 2.05) is 0 Å². The summed E-state index contributed by atoms with van der Waals surface area (Å²) in [7, 11) is 1.79. The molecule has 0 radical (unpaired) electrons. The molecule has 2 N–H and O–H groups in total. The average Bonchev–Trinajstić information content (AvgIpc) is 3.48. The molecule has 0 spiro atoms. The van der Waals surface area contributed by atoms with Crippen LogP contribution in [-0.2, 0) is 20.8 Å². The molecule has 13 heteroatoms. The van der Waals surface area contributed by atoms with Gasteiger partial charge in [0.2, 0.25) is 5.90 Å². The third-order valence-electron chi connectivity index (χ3n) is 5.37. The predicted molar refractivity (Wildman–Crippen MR) is 135 cm³/mol. The lowest BCUT2D eigenvalue weighted by atomic mass is 10.2. The first-order valence-electron chi connectivity index (χ1n) is 11.9. The van der Waals surface area contributed by atoms with E-state index in [1.54, 1.807) is 45.0 Å². The zero-order chi connectivity index (χ0) is 27.4. The van der Waals surface area contributed by atoms with Gasteiger partial charge < -0.3 is 29.5 Å². The van der Waals surface area contributed by atoms with Crippen molar-refractivity contribution in [2.45, 2.75) is 39.0 Å². The Balaban J connectivity index is 1.45. The van der Waals surface area contributed by atoms with Gasteiger partial charge in [-0.25, -0.2) is 28.5 Å². The first kappa shape index (κ1) is 26.6. The number of carbonyl (C=O) groups is 2. The van der Waals surface area contributed by atoms with Crippen LogP contribution in [0, 0.1) is 5.82 Å². The van der Waals surface area contributed by atoms with Crippen molar-refractivity contribution in [1.29, 1.82) is 0 Å². The number of benzene rings is 1. The Hall–Kier alpha value is -4.42. The van der Waals surface area contributed by atoms with Crippen molar-refractivity contribution in [3.05, 3.63) is 53.6 Å². The van der Waals surface area contributed by atoms with Crippen LogP contribution >= 0.6 is 0 Å². The number of carbonyl (C=O) groups excluding carboxylic acids is 1. The number of halogens is 1. The summed E-state index contributed by atoms with van der Waals surface area (Å²) in [6.07, 6.45) is 2.67. The van der Waals surface area contributed by atoms with Crippen molar-refractivity contribution in [3.63, 3.8) is 0 Å². The minimum absolute atomic E-state index is 0.0583. The summed E-state index contributed by atoms with van der Waals surface area (Å²) in [5.41, 5.74) is 0.875. The van der Waals surface area contributed by atoms with E-state index in [4.69, 9.17) is 14.2 Å². The Morgan fingerprint density at radius 1 is 1.32 bits per heavy atom. The summed E-state index contributed by atoms with van der Waals surface area (Å²) in [6, 6.07) is 4.98. The molecule has 0 bridgehead atoms. The molecular formula is C25H29FN6O6. The molecule has 2 aromatic heterocycles. The highest BCUT2D eigenvalue weighted by Gasteiger charge is 2.28. The van der Waals surface area contributed by atoms with Crippen LogP contribution in [0.3, 0.4) is 0 Å². The number of hydrogen-bond acceptors (Lipinski definition) is 9. The van der Waals surface area contributed by atoms with E-state index in [2.05, 4.69) is 20.4 Å². The molecule has 1 aromatic carbocycles. The lowest BCUT2D eigenvalue weighted by Gasteiger charge is -2.21. The maximum Gasteiger partial charge on any atom is 0.407 e. The molecule has 1 amide bonds. The number of ether oxygens (including phenoxy) is 3. The lowest BCUT2D eigenvalue weighted by molar-refractivity contribution is -0.138.